The van der Waals surface area contributed by atoms with Gasteiger partial charge in [0.05, 0.1) is 22.8 Å². The lowest BCUT2D eigenvalue weighted by Crippen LogP contribution is -2.23. The molecule has 3 N–H and O–H groups in total. The first-order valence-electron chi connectivity index (χ1n) is 14.8. The van der Waals surface area contributed by atoms with Crippen LogP contribution in [0.1, 0.15) is 12.0 Å². The fourth-order valence-corrected chi connectivity index (χ4v) is 6.16. The fourth-order valence-electron chi connectivity index (χ4n) is 5.58. The van der Waals surface area contributed by atoms with Crippen molar-refractivity contribution in [1.82, 2.24) is 24.3 Å². The number of aromatic nitrogens is 4. The van der Waals surface area contributed by atoms with Crippen molar-refractivity contribution >= 4 is 46.0 Å². The first-order valence-corrected chi connectivity index (χ1v) is 15.8. The van der Waals surface area contributed by atoms with Crippen molar-refractivity contribution in [2.45, 2.75) is 19.0 Å². The zero-order valence-corrected chi connectivity index (χ0v) is 25.2. The van der Waals surface area contributed by atoms with Crippen LogP contribution in [-0.2, 0) is 6.42 Å². The Morgan fingerprint density at radius 2 is 1.84 bits per heavy atom. The number of hydrogen-bond donors (Lipinski definition) is 3. The van der Waals surface area contributed by atoms with Crippen molar-refractivity contribution in [1.29, 1.82) is 0 Å². The molecule has 2 aromatic carbocycles. The van der Waals surface area contributed by atoms with Gasteiger partial charge in [-0.05, 0) is 72.3 Å². The minimum atomic E-state index is -0.709. The molecule has 1 fully saturated rings. The molecule has 1 aliphatic rings. The third-order valence-corrected chi connectivity index (χ3v) is 8.40. The normalized spacial score (nSPS) is 14.9. The van der Waals surface area contributed by atoms with E-state index >= 15 is 0 Å². The number of anilines is 4. The molecule has 4 aromatic heterocycles. The number of urea groups is 1. The second-order valence-corrected chi connectivity index (χ2v) is 11.7. The van der Waals surface area contributed by atoms with Crippen LogP contribution in [0.25, 0.3) is 28.3 Å². The van der Waals surface area contributed by atoms with Crippen molar-refractivity contribution in [3.8, 4) is 22.6 Å². The van der Waals surface area contributed by atoms with Crippen LogP contribution in [0.4, 0.5) is 32.2 Å². The Kier molecular flexibility index (Phi) is 8.17. The van der Waals surface area contributed by atoms with Crippen molar-refractivity contribution in [2.24, 2.45) is 0 Å². The van der Waals surface area contributed by atoms with E-state index in [0.717, 1.165) is 53.5 Å². The predicted octanol–water partition coefficient (Wildman–Crippen LogP) is 7.49. The van der Waals surface area contributed by atoms with Gasteiger partial charge in [-0.1, -0.05) is 30.3 Å². The largest absolute Gasteiger partial charge is 0.324 e. The van der Waals surface area contributed by atoms with Crippen molar-refractivity contribution in [3.63, 3.8) is 0 Å². The van der Waals surface area contributed by atoms with E-state index < -0.39 is 6.17 Å². The first kappa shape index (κ1) is 28.6. The number of likely N-dealkylation sites (tertiary alicyclic amines) is 1. The second kappa shape index (κ2) is 12.8. The van der Waals surface area contributed by atoms with Gasteiger partial charge in [-0.3, -0.25) is 4.40 Å². The van der Waals surface area contributed by atoms with E-state index in [4.69, 9.17) is 9.97 Å². The molecular weight excluding hydrogens is 587 g/mol. The second-order valence-electron chi connectivity index (χ2n) is 10.9. The smallest absolute Gasteiger partial charge is 0.323 e. The molecule has 5 heterocycles. The number of hydrogen-bond acceptors (Lipinski definition) is 7. The van der Waals surface area contributed by atoms with E-state index in [1.54, 1.807) is 6.20 Å². The van der Waals surface area contributed by atoms with Gasteiger partial charge in [0.1, 0.15) is 11.8 Å². The van der Waals surface area contributed by atoms with Crippen LogP contribution in [-0.4, -0.2) is 56.1 Å². The third kappa shape index (κ3) is 6.69. The third-order valence-electron chi connectivity index (χ3n) is 7.72. The summed E-state index contributed by atoms with van der Waals surface area (Å²) in [5, 5.41) is 12.9. The summed E-state index contributed by atoms with van der Waals surface area (Å²) in [6.07, 6.45) is 4.45. The molecule has 7 rings (SSSR count). The Balaban J connectivity index is 1.14. The Labute approximate surface area is 263 Å². The molecule has 1 atom stereocenters. The number of benzene rings is 2. The average molecular weight is 619 g/mol. The lowest BCUT2D eigenvalue weighted by molar-refractivity contribution is 0.262. The number of nitrogens with zero attached hydrogens (tertiary/aromatic N) is 5. The van der Waals surface area contributed by atoms with Gasteiger partial charge in [-0.25, -0.2) is 24.1 Å². The number of thiophene rings is 1. The number of carbonyl (C=O) groups excluding carboxylic acids is 1. The molecule has 11 heteroatoms. The highest BCUT2D eigenvalue weighted by molar-refractivity contribution is 7.08. The maximum Gasteiger partial charge on any atom is 0.323 e. The highest BCUT2D eigenvalue weighted by atomic mass is 32.1. The fraction of sp³-hybridized carbons (Fsp3) is 0.176. The average Bonchev–Trinajstić information content (AvgIpc) is 3.81. The molecule has 0 aliphatic carbocycles. The van der Waals surface area contributed by atoms with Gasteiger partial charge in [-0.15, -0.1) is 0 Å². The van der Waals surface area contributed by atoms with Gasteiger partial charge >= 0.3 is 6.03 Å². The van der Waals surface area contributed by atoms with Crippen LogP contribution in [0.2, 0.25) is 0 Å². The van der Waals surface area contributed by atoms with Gasteiger partial charge in [0.25, 0.3) is 0 Å². The van der Waals surface area contributed by atoms with E-state index in [1.807, 2.05) is 88.1 Å². The van der Waals surface area contributed by atoms with Gasteiger partial charge in [0.15, 0.2) is 0 Å². The number of pyridine rings is 1. The number of rotatable bonds is 9. The van der Waals surface area contributed by atoms with E-state index in [-0.39, 0.29) is 6.03 Å². The van der Waals surface area contributed by atoms with E-state index in [0.29, 0.717) is 30.3 Å². The molecule has 1 saturated heterocycles. The van der Waals surface area contributed by atoms with Crippen LogP contribution in [0.5, 0.6) is 0 Å². The maximum atomic E-state index is 13.6. The minimum absolute atomic E-state index is 0.319. The molecule has 0 saturated carbocycles. The number of halogens is 1. The van der Waals surface area contributed by atoms with Crippen LogP contribution >= 0.6 is 11.3 Å². The number of nitrogens with one attached hydrogen (secondary N) is 3. The number of carbonyl (C=O) groups is 1. The minimum Gasteiger partial charge on any atom is -0.324 e. The maximum absolute atomic E-state index is 13.6. The van der Waals surface area contributed by atoms with Gasteiger partial charge in [-0.2, -0.15) is 11.3 Å². The van der Waals surface area contributed by atoms with Crippen molar-refractivity contribution in [3.05, 3.63) is 108 Å². The SMILES string of the molecule is O=C(Nc1ccsc1)Nc1cccc(-c2nc3ccccn3c2-c2ccnc(Nc3cccc(CCN4CCC(F)C4)c3)n2)c1. The van der Waals surface area contributed by atoms with Crippen molar-refractivity contribution in [2.75, 3.05) is 35.6 Å². The number of amides is 2. The number of fused-ring (bicyclic) bond motifs is 1. The molecule has 1 aliphatic heterocycles. The van der Waals surface area contributed by atoms with Gasteiger partial charge in [0, 0.05) is 54.3 Å². The molecular formula is C34H31FN8OS. The van der Waals surface area contributed by atoms with Crippen molar-refractivity contribution < 1.29 is 9.18 Å². The molecule has 45 heavy (non-hydrogen) atoms. The Bertz CT molecular complexity index is 1940. The lowest BCUT2D eigenvalue weighted by atomic mass is 10.1. The van der Waals surface area contributed by atoms with E-state index in [2.05, 4.69) is 38.0 Å². The molecule has 0 spiro atoms. The van der Waals surface area contributed by atoms with Gasteiger partial charge in [0.2, 0.25) is 5.95 Å². The lowest BCUT2D eigenvalue weighted by Gasteiger charge is -2.15. The van der Waals surface area contributed by atoms with Crippen LogP contribution in [0.15, 0.2) is 102 Å². The Hall–Kier alpha value is -5.13. The van der Waals surface area contributed by atoms with E-state index in [9.17, 15) is 9.18 Å². The Morgan fingerprint density at radius 3 is 2.71 bits per heavy atom. The molecule has 6 aromatic rings. The monoisotopic (exact) mass is 618 g/mol. The predicted molar refractivity (Wildman–Crippen MR) is 178 cm³/mol. The van der Waals surface area contributed by atoms with Crippen LogP contribution in [0.3, 0.4) is 0 Å². The summed E-state index contributed by atoms with van der Waals surface area (Å²) in [5.74, 6) is 0.460. The Morgan fingerprint density at radius 1 is 0.956 bits per heavy atom. The topological polar surface area (TPSA) is 99.5 Å². The number of alkyl halides is 1. The summed E-state index contributed by atoms with van der Waals surface area (Å²) < 4.78 is 15.6. The summed E-state index contributed by atoms with van der Waals surface area (Å²) in [6.45, 7) is 2.18. The summed E-state index contributed by atoms with van der Waals surface area (Å²) in [4.78, 5) is 29.1. The van der Waals surface area contributed by atoms with Crippen LogP contribution < -0.4 is 16.0 Å². The van der Waals surface area contributed by atoms with Crippen LogP contribution in [0, 0.1) is 0 Å². The summed E-state index contributed by atoms with van der Waals surface area (Å²) in [6, 6.07) is 25.0. The zero-order valence-electron chi connectivity index (χ0n) is 24.4. The summed E-state index contributed by atoms with van der Waals surface area (Å²) in [5.41, 5.74) is 7.27. The molecule has 2 amide bonds. The summed E-state index contributed by atoms with van der Waals surface area (Å²) in [7, 11) is 0. The summed E-state index contributed by atoms with van der Waals surface area (Å²) >= 11 is 1.52. The standard InChI is InChI=1S/C34H31FN8OS/c35-25-12-17-42(21-25)16-11-23-5-3-7-26(19-23)37-33-36-14-10-29(40-33)32-31(41-30-9-1-2-15-43(30)32)24-6-4-8-27(20-24)38-34(44)39-28-13-18-45-22-28/h1-10,13-15,18-20,22,25H,11-12,16-17,21H2,(H,36,37,40)(H2,38,39,44). The quantitative estimate of drug-likeness (QED) is 0.155. The molecule has 9 nitrogen and oxygen atoms in total. The van der Waals surface area contributed by atoms with Gasteiger partial charge < -0.3 is 20.9 Å². The molecule has 0 bridgehead atoms. The highest BCUT2D eigenvalue weighted by Gasteiger charge is 2.21. The molecule has 226 valence electrons. The van der Waals surface area contributed by atoms with E-state index in [1.165, 1.54) is 16.9 Å². The highest BCUT2D eigenvalue weighted by Crippen LogP contribution is 2.33. The molecule has 0 radical (unpaired) electrons. The first-order chi connectivity index (χ1) is 22.1. The zero-order chi connectivity index (χ0) is 30.6. The number of imidazole rings is 1. The molecule has 1 unspecified atom stereocenters.